The number of benzene rings is 1. The Labute approximate surface area is 139 Å². The van der Waals surface area contributed by atoms with Crippen molar-refractivity contribution in [2.45, 2.75) is 39.3 Å². The third-order valence-electron chi connectivity index (χ3n) is 3.88. The second-order valence-corrected chi connectivity index (χ2v) is 6.46. The predicted octanol–water partition coefficient (Wildman–Crippen LogP) is 3.02. The van der Waals surface area contributed by atoms with Crippen LogP contribution in [0.5, 0.6) is 0 Å². The first-order valence-electron chi connectivity index (χ1n) is 7.33. The molecule has 2 aromatic carbocycles. The largest absolute Gasteiger partial charge is 0.376 e. The minimum atomic E-state index is -0.515. The van der Waals surface area contributed by atoms with Gasteiger partial charge in [0.1, 0.15) is 17.4 Å². The maximum absolute atomic E-state index is 11.8. The van der Waals surface area contributed by atoms with Crippen LogP contribution in [-0.2, 0) is 6.54 Å². The van der Waals surface area contributed by atoms with Crippen LogP contribution in [0.2, 0.25) is 5.02 Å². The Kier molecular flexibility index (Phi) is 4.76. The zero-order valence-electron chi connectivity index (χ0n) is 13.3. The number of halogens is 1. The number of hydrogen-bond acceptors (Lipinski definition) is 5. The fraction of sp³-hybridized carbons (Fsp3) is 0.353. The monoisotopic (exact) mass is 331 g/mol. The Hall–Kier alpha value is -2.32. The summed E-state index contributed by atoms with van der Waals surface area (Å²) in [5.41, 5.74) is 0.583. The van der Waals surface area contributed by atoms with Gasteiger partial charge in [-0.15, -0.1) is 0 Å². The molecule has 0 unspecified atom stereocenters. The minimum absolute atomic E-state index is 0.267. The highest BCUT2D eigenvalue weighted by Gasteiger charge is 2.25. The summed E-state index contributed by atoms with van der Waals surface area (Å²) in [7, 11) is 0. The molecule has 0 aromatic heterocycles. The van der Waals surface area contributed by atoms with Gasteiger partial charge in [-0.25, -0.2) is 0 Å². The second-order valence-electron chi connectivity index (χ2n) is 6.05. The zero-order chi connectivity index (χ0) is 17.2. The summed E-state index contributed by atoms with van der Waals surface area (Å²) in [4.78, 5) is 23.5. The van der Waals surface area contributed by atoms with Crippen molar-refractivity contribution in [3.63, 3.8) is 0 Å². The highest BCUT2D eigenvalue weighted by molar-refractivity contribution is 6.31. The lowest BCUT2D eigenvalue weighted by atomic mass is 10.00. The van der Waals surface area contributed by atoms with Gasteiger partial charge >= 0.3 is 0 Å². The van der Waals surface area contributed by atoms with E-state index < -0.39 is 10.9 Å². The fourth-order valence-corrected chi connectivity index (χ4v) is 2.30. The van der Waals surface area contributed by atoms with E-state index in [-0.39, 0.29) is 5.54 Å². The van der Waals surface area contributed by atoms with E-state index in [1.54, 1.807) is 18.2 Å². The standard InChI is InChI=1S/C17H18ClN3O2/c1-4-17(2,3)21-14-13(15(22)16(14)23)20-9-10-5-6-11(8-19)12(18)7-10/h5-7,20-21H,4,9H2,1-3H3. The minimum Gasteiger partial charge on any atom is -0.376 e. The van der Waals surface area contributed by atoms with Crippen LogP contribution in [-0.4, -0.2) is 5.54 Å². The molecule has 0 spiro atoms. The lowest BCUT2D eigenvalue weighted by molar-refractivity contribution is 0.546. The summed E-state index contributed by atoms with van der Waals surface area (Å²) >= 11 is 5.98. The van der Waals surface area contributed by atoms with Gasteiger partial charge in [0, 0.05) is 12.1 Å². The third-order valence-corrected chi connectivity index (χ3v) is 4.19. The molecule has 0 fully saturated rings. The highest BCUT2D eigenvalue weighted by atomic mass is 35.5. The van der Waals surface area contributed by atoms with Crippen molar-refractivity contribution < 1.29 is 0 Å². The van der Waals surface area contributed by atoms with Gasteiger partial charge in [-0.3, -0.25) is 9.59 Å². The van der Waals surface area contributed by atoms with Crippen molar-refractivity contribution in [1.82, 2.24) is 0 Å². The topological polar surface area (TPSA) is 82.0 Å². The molecule has 0 heterocycles. The molecule has 5 nitrogen and oxygen atoms in total. The lowest BCUT2D eigenvalue weighted by Gasteiger charge is -2.27. The van der Waals surface area contributed by atoms with Crippen molar-refractivity contribution in [3.05, 3.63) is 54.8 Å². The van der Waals surface area contributed by atoms with Crippen LogP contribution in [0.4, 0.5) is 11.4 Å². The van der Waals surface area contributed by atoms with Crippen molar-refractivity contribution >= 4 is 23.0 Å². The molecule has 0 radical (unpaired) electrons. The number of hydrogen-bond donors (Lipinski definition) is 2. The van der Waals surface area contributed by atoms with E-state index in [1.165, 1.54) is 0 Å². The van der Waals surface area contributed by atoms with Crippen LogP contribution in [0.25, 0.3) is 0 Å². The van der Waals surface area contributed by atoms with E-state index >= 15 is 0 Å². The number of nitriles is 1. The van der Waals surface area contributed by atoms with Crippen LogP contribution in [0.15, 0.2) is 27.8 Å². The number of nitrogens with zero attached hydrogens (tertiary/aromatic N) is 1. The average molecular weight is 332 g/mol. The molecule has 120 valence electrons. The predicted molar refractivity (Wildman–Crippen MR) is 92.8 cm³/mol. The summed E-state index contributed by atoms with van der Waals surface area (Å²) in [6, 6.07) is 7.04. The Balaban J connectivity index is 2.15. The first-order chi connectivity index (χ1) is 10.8. The highest BCUT2D eigenvalue weighted by Crippen LogP contribution is 2.23. The molecule has 0 saturated heterocycles. The van der Waals surface area contributed by atoms with Crippen LogP contribution in [0, 0.1) is 11.3 Å². The van der Waals surface area contributed by atoms with Gasteiger partial charge in [-0.2, -0.15) is 5.26 Å². The van der Waals surface area contributed by atoms with E-state index in [0.29, 0.717) is 28.5 Å². The van der Waals surface area contributed by atoms with Crippen LogP contribution in [0.1, 0.15) is 38.3 Å². The molecule has 0 bridgehead atoms. The van der Waals surface area contributed by atoms with E-state index in [0.717, 1.165) is 12.0 Å². The van der Waals surface area contributed by atoms with Crippen molar-refractivity contribution in [1.29, 1.82) is 5.26 Å². The van der Waals surface area contributed by atoms with Gasteiger partial charge in [0.2, 0.25) is 0 Å². The van der Waals surface area contributed by atoms with Crippen LogP contribution >= 0.6 is 11.6 Å². The molecular formula is C17H18ClN3O2. The molecular weight excluding hydrogens is 314 g/mol. The van der Waals surface area contributed by atoms with E-state index in [1.807, 2.05) is 26.8 Å². The van der Waals surface area contributed by atoms with E-state index in [9.17, 15) is 9.59 Å². The Bertz CT molecular complexity index is 843. The second kappa shape index (κ2) is 6.43. The molecule has 0 aliphatic heterocycles. The third kappa shape index (κ3) is 3.54. The molecule has 6 heteroatoms. The van der Waals surface area contributed by atoms with Gasteiger partial charge in [0.05, 0.1) is 10.6 Å². The maximum atomic E-state index is 11.8. The number of anilines is 2. The van der Waals surface area contributed by atoms with Gasteiger partial charge in [0.25, 0.3) is 10.9 Å². The van der Waals surface area contributed by atoms with Gasteiger partial charge in [-0.1, -0.05) is 24.6 Å². The average Bonchev–Trinajstić information content (AvgIpc) is 2.53. The molecule has 2 rings (SSSR count). The first-order valence-corrected chi connectivity index (χ1v) is 7.70. The number of rotatable bonds is 6. The van der Waals surface area contributed by atoms with E-state index in [2.05, 4.69) is 10.6 Å². The SMILES string of the molecule is CCC(C)(C)Nc1c(NCc2ccc(C#N)c(Cl)c2)c(=O)c1=O. The first kappa shape index (κ1) is 17.0. The molecule has 0 amide bonds. The van der Waals surface area contributed by atoms with Crippen LogP contribution in [0.3, 0.4) is 0 Å². The molecule has 0 saturated carbocycles. The summed E-state index contributed by atoms with van der Waals surface area (Å²) < 4.78 is 0. The zero-order valence-corrected chi connectivity index (χ0v) is 14.0. The molecule has 0 atom stereocenters. The smallest absolute Gasteiger partial charge is 0.253 e. The summed E-state index contributed by atoms with van der Waals surface area (Å²) in [5, 5.41) is 15.3. The summed E-state index contributed by atoms with van der Waals surface area (Å²) in [6.45, 7) is 6.28. The number of nitrogens with one attached hydrogen (secondary N) is 2. The molecule has 2 aromatic rings. The van der Waals surface area contributed by atoms with Crippen molar-refractivity contribution in [2.24, 2.45) is 0 Å². The lowest BCUT2D eigenvalue weighted by Crippen LogP contribution is -2.42. The van der Waals surface area contributed by atoms with Crippen molar-refractivity contribution in [3.8, 4) is 6.07 Å². The van der Waals surface area contributed by atoms with Gasteiger partial charge < -0.3 is 10.6 Å². The normalized spacial score (nSPS) is 11.3. The van der Waals surface area contributed by atoms with E-state index in [4.69, 9.17) is 16.9 Å². The van der Waals surface area contributed by atoms with Gasteiger partial charge in [-0.05, 0) is 38.0 Å². The van der Waals surface area contributed by atoms with Crippen LogP contribution < -0.4 is 21.5 Å². The molecule has 23 heavy (non-hydrogen) atoms. The Morgan fingerprint density at radius 1 is 1.22 bits per heavy atom. The maximum Gasteiger partial charge on any atom is 0.253 e. The Morgan fingerprint density at radius 2 is 1.87 bits per heavy atom. The van der Waals surface area contributed by atoms with Gasteiger partial charge in [0.15, 0.2) is 0 Å². The molecule has 2 N–H and O–H groups in total. The quantitative estimate of drug-likeness (QED) is 0.795. The molecule has 0 aliphatic carbocycles. The summed E-state index contributed by atoms with van der Waals surface area (Å²) in [6.07, 6.45) is 0.816. The summed E-state index contributed by atoms with van der Waals surface area (Å²) in [5.74, 6) is 0. The van der Waals surface area contributed by atoms with Crippen molar-refractivity contribution in [2.75, 3.05) is 10.6 Å². The molecule has 0 aliphatic rings. The fourth-order valence-electron chi connectivity index (χ4n) is 2.06. The Morgan fingerprint density at radius 3 is 2.43 bits per heavy atom.